The van der Waals surface area contributed by atoms with Crippen molar-refractivity contribution in [3.8, 4) is 11.1 Å². The lowest BCUT2D eigenvalue weighted by Crippen LogP contribution is -2.74. The lowest BCUT2D eigenvalue weighted by molar-refractivity contribution is -0.660. The fraction of sp³-hybridized carbons (Fsp3) is 0.136. The molecule has 3 nitrogen and oxygen atoms in total. The highest BCUT2D eigenvalue weighted by atomic mass is 15.0. The van der Waals surface area contributed by atoms with Crippen molar-refractivity contribution in [2.75, 3.05) is 0 Å². The van der Waals surface area contributed by atoms with Crippen molar-refractivity contribution in [1.29, 1.82) is 0 Å². The molecule has 4 heteroatoms. The number of hydrogen-bond acceptors (Lipinski definition) is 1. The third-order valence-electron chi connectivity index (χ3n) is 6.09. The minimum atomic E-state index is 0.251. The zero-order valence-corrected chi connectivity index (χ0v) is 14.9. The molecule has 2 aliphatic heterocycles. The summed E-state index contributed by atoms with van der Waals surface area (Å²) < 4.78 is 4.53. The van der Waals surface area contributed by atoms with Crippen LogP contribution in [0.15, 0.2) is 61.2 Å². The maximum Gasteiger partial charge on any atom is 0.376 e. The van der Waals surface area contributed by atoms with Crippen molar-refractivity contribution >= 4 is 34.1 Å². The number of rotatable bonds is 0. The van der Waals surface area contributed by atoms with E-state index < -0.39 is 0 Å². The standard InChI is InChI=1S/C22H18BN3/c1-25-10-9-14-5-3-7-17-18-8-4-6-15-11-16-12-24-13-26(2)21(16)23(20(15)18)22(25)19(14)17/h3-10,12-13H,11H2,1-2H3/q+2. The van der Waals surface area contributed by atoms with Crippen LogP contribution < -0.4 is 25.8 Å². The Balaban J connectivity index is 1.87. The molecular weight excluding hydrogens is 317 g/mol. The fourth-order valence-electron chi connectivity index (χ4n) is 5.07. The predicted octanol–water partition coefficient (Wildman–Crippen LogP) is 0.285. The number of fused-ring (bicyclic) bond motifs is 4. The van der Waals surface area contributed by atoms with Crippen molar-refractivity contribution in [1.82, 2.24) is 4.98 Å². The van der Waals surface area contributed by atoms with E-state index in [1.807, 2.05) is 12.5 Å². The van der Waals surface area contributed by atoms with Gasteiger partial charge in [-0.25, -0.2) is 9.13 Å². The molecule has 4 heterocycles. The lowest BCUT2D eigenvalue weighted by atomic mass is 9.33. The van der Waals surface area contributed by atoms with E-state index in [9.17, 15) is 0 Å². The van der Waals surface area contributed by atoms with Crippen LogP contribution in [-0.2, 0) is 20.5 Å². The largest absolute Gasteiger partial charge is 0.376 e. The Kier molecular flexibility index (Phi) is 2.61. The van der Waals surface area contributed by atoms with Gasteiger partial charge >= 0.3 is 6.71 Å². The van der Waals surface area contributed by atoms with Gasteiger partial charge in [0.15, 0.2) is 11.8 Å². The summed E-state index contributed by atoms with van der Waals surface area (Å²) in [4.78, 5) is 4.45. The van der Waals surface area contributed by atoms with Gasteiger partial charge in [0.05, 0.1) is 12.6 Å². The summed E-state index contributed by atoms with van der Waals surface area (Å²) in [5.41, 5.74) is 9.75. The molecule has 4 aromatic rings. The number of hydrogen-bond donors (Lipinski definition) is 0. The molecule has 0 aliphatic carbocycles. The molecule has 0 radical (unpaired) electrons. The van der Waals surface area contributed by atoms with Crippen LogP contribution in [0.3, 0.4) is 0 Å². The molecule has 0 bridgehead atoms. The van der Waals surface area contributed by atoms with Crippen LogP contribution in [0.4, 0.5) is 0 Å². The van der Waals surface area contributed by atoms with E-state index in [2.05, 4.69) is 76.9 Å². The molecule has 0 spiro atoms. The van der Waals surface area contributed by atoms with Gasteiger partial charge in [0.2, 0.25) is 0 Å². The van der Waals surface area contributed by atoms with Crippen molar-refractivity contribution in [2.24, 2.45) is 14.1 Å². The molecule has 0 saturated heterocycles. The van der Waals surface area contributed by atoms with Gasteiger partial charge in [-0.05, 0) is 27.5 Å². The third kappa shape index (κ3) is 1.62. The number of benzene rings is 2. The highest BCUT2D eigenvalue weighted by Crippen LogP contribution is 2.31. The van der Waals surface area contributed by atoms with E-state index in [4.69, 9.17) is 0 Å². The fourth-order valence-corrected chi connectivity index (χ4v) is 5.07. The molecule has 0 N–H and O–H groups in total. The number of aryl methyl sites for hydroxylation is 2. The Bertz CT molecular complexity index is 1250. The molecule has 0 atom stereocenters. The maximum atomic E-state index is 4.45. The Morgan fingerprint density at radius 2 is 1.73 bits per heavy atom. The first-order valence-electron chi connectivity index (χ1n) is 9.10. The van der Waals surface area contributed by atoms with E-state index in [-0.39, 0.29) is 6.71 Å². The first kappa shape index (κ1) is 14.2. The van der Waals surface area contributed by atoms with Crippen LogP contribution in [0.1, 0.15) is 11.1 Å². The molecule has 0 fully saturated rings. The van der Waals surface area contributed by atoms with E-state index in [0.717, 1.165) is 6.42 Å². The molecule has 0 amide bonds. The minimum absolute atomic E-state index is 0.251. The second-order valence-corrected chi connectivity index (χ2v) is 7.48. The van der Waals surface area contributed by atoms with Gasteiger partial charge in [0.25, 0.3) is 6.33 Å². The average molecular weight is 335 g/mol. The monoisotopic (exact) mass is 335 g/mol. The molecule has 26 heavy (non-hydrogen) atoms. The summed E-state index contributed by atoms with van der Waals surface area (Å²) in [6, 6.07) is 15.7. The third-order valence-corrected chi connectivity index (χ3v) is 6.09. The molecule has 2 aromatic heterocycles. The minimum Gasteiger partial charge on any atom is -0.245 e. The molecule has 6 rings (SSSR count). The Morgan fingerprint density at radius 3 is 2.65 bits per heavy atom. The lowest BCUT2D eigenvalue weighted by Gasteiger charge is -2.30. The molecule has 2 aromatic carbocycles. The van der Waals surface area contributed by atoms with E-state index in [1.54, 1.807) is 0 Å². The molecule has 122 valence electrons. The van der Waals surface area contributed by atoms with Gasteiger partial charge in [0, 0.05) is 23.4 Å². The van der Waals surface area contributed by atoms with Crippen LogP contribution in [0.25, 0.3) is 21.9 Å². The Morgan fingerprint density at radius 1 is 0.885 bits per heavy atom. The zero-order valence-electron chi connectivity index (χ0n) is 14.9. The van der Waals surface area contributed by atoms with Gasteiger partial charge in [-0.15, -0.1) is 0 Å². The molecule has 0 unspecified atom stereocenters. The smallest absolute Gasteiger partial charge is 0.245 e. The van der Waals surface area contributed by atoms with Crippen molar-refractivity contribution < 1.29 is 9.13 Å². The van der Waals surface area contributed by atoms with Crippen molar-refractivity contribution in [3.05, 3.63) is 72.3 Å². The Hall–Kier alpha value is -3.01. The van der Waals surface area contributed by atoms with Gasteiger partial charge < -0.3 is 0 Å². The first-order valence-corrected chi connectivity index (χ1v) is 9.10. The van der Waals surface area contributed by atoms with Gasteiger partial charge in [-0.1, -0.05) is 41.4 Å². The summed E-state index contributed by atoms with van der Waals surface area (Å²) >= 11 is 0. The van der Waals surface area contributed by atoms with Gasteiger partial charge in [-0.3, -0.25) is 0 Å². The average Bonchev–Trinajstić information content (AvgIpc) is 2.66. The normalized spacial score (nSPS) is 13.5. The molecule has 2 aliphatic rings. The van der Waals surface area contributed by atoms with E-state index >= 15 is 0 Å². The second kappa shape index (κ2) is 4.79. The van der Waals surface area contributed by atoms with Crippen LogP contribution in [0, 0.1) is 0 Å². The van der Waals surface area contributed by atoms with Crippen LogP contribution in [0.5, 0.6) is 0 Å². The van der Waals surface area contributed by atoms with Gasteiger partial charge in [0.1, 0.15) is 13.2 Å². The number of nitrogens with zero attached hydrogens (tertiary/aromatic N) is 3. The van der Waals surface area contributed by atoms with Crippen LogP contribution in [-0.4, -0.2) is 11.7 Å². The van der Waals surface area contributed by atoms with Gasteiger partial charge in [-0.2, -0.15) is 0 Å². The molecular formula is C22H18BN3+2. The predicted molar refractivity (Wildman–Crippen MR) is 103 cm³/mol. The van der Waals surface area contributed by atoms with Crippen molar-refractivity contribution in [3.63, 3.8) is 0 Å². The Labute approximate surface area is 152 Å². The number of pyridine rings is 1. The summed E-state index contributed by atoms with van der Waals surface area (Å²) in [6.07, 6.45) is 7.14. The second-order valence-electron chi connectivity index (χ2n) is 7.48. The number of aromatic nitrogens is 3. The summed E-state index contributed by atoms with van der Waals surface area (Å²) in [6.45, 7) is 0.251. The highest BCUT2D eigenvalue weighted by molar-refractivity contribution is 6.97. The zero-order chi connectivity index (χ0) is 17.4. The SMILES string of the molecule is C[n+]1cncc2c1B1c3c(cccc3-c3cccc4cc[n+](C)c1c34)C2. The highest BCUT2D eigenvalue weighted by Gasteiger charge is 2.46. The summed E-state index contributed by atoms with van der Waals surface area (Å²) in [7, 11) is 4.30. The quantitative estimate of drug-likeness (QED) is 0.289. The van der Waals surface area contributed by atoms with Crippen molar-refractivity contribution in [2.45, 2.75) is 6.42 Å². The first-order chi connectivity index (χ1) is 12.7. The topological polar surface area (TPSA) is 20.6 Å². The maximum absolute atomic E-state index is 4.45. The van der Waals surface area contributed by atoms with E-state index in [0.29, 0.717) is 0 Å². The van der Waals surface area contributed by atoms with Crippen LogP contribution in [0.2, 0.25) is 0 Å². The summed E-state index contributed by atoms with van der Waals surface area (Å²) in [5.74, 6) is 0. The summed E-state index contributed by atoms with van der Waals surface area (Å²) in [5, 5.41) is 2.70. The van der Waals surface area contributed by atoms with Crippen LogP contribution >= 0.6 is 0 Å². The van der Waals surface area contributed by atoms with E-state index in [1.165, 1.54) is 49.7 Å². The molecule has 0 saturated carbocycles.